The van der Waals surface area contributed by atoms with Gasteiger partial charge in [0.25, 0.3) is 0 Å². The quantitative estimate of drug-likeness (QED) is 0.514. The highest BCUT2D eigenvalue weighted by atomic mass is 32.3. The molecule has 0 aromatic heterocycles. The lowest BCUT2D eigenvalue weighted by Gasteiger charge is -2.19. The molecular formula is C8H15FO3S. The van der Waals surface area contributed by atoms with Crippen LogP contribution in [0.3, 0.4) is 0 Å². The summed E-state index contributed by atoms with van der Waals surface area (Å²) in [6.45, 7) is 0. The zero-order chi connectivity index (χ0) is 9.90. The Balaban J connectivity index is 2.77. The van der Waals surface area contributed by atoms with E-state index >= 15 is 0 Å². The van der Waals surface area contributed by atoms with Crippen molar-refractivity contribution in [3.05, 3.63) is 0 Å². The molecule has 2 atom stereocenters. The van der Waals surface area contributed by atoms with Gasteiger partial charge in [0, 0.05) is 7.11 Å². The summed E-state index contributed by atoms with van der Waals surface area (Å²) >= 11 is 0. The number of hydrogen-bond donors (Lipinski definition) is 0. The van der Waals surface area contributed by atoms with Gasteiger partial charge in [-0.3, -0.25) is 0 Å². The first-order valence-electron chi connectivity index (χ1n) is 4.52. The zero-order valence-electron chi connectivity index (χ0n) is 7.70. The summed E-state index contributed by atoms with van der Waals surface area (Å²) < 4.78 is 39.3. The van der Waals surface area contributed by atoms with Crippen LogP contribution in [0.1, 0.15) is 32.1 Å². The van der Waals surface area contributed by atoms with E-state index in [9.17, 15) is 12.3 Å². The number of rotatable bonds is 2. The molecule has 0 aliphatic heterocycles. The molecule has 0 aromatic rings. The second-order valence-corrected chi connectivity index (χ2v) is 4.98. The van der Waals surface area contributed by atoms with Crippen LogP contribution < -0.4 is 0 Å². The SMILES string of the molecule is CO[C@@H]1CCCCC[C@@H]1S(=O)(=O)F. The molecule has 1 aliphatic rings. The Morgan fingerprint density at radius 1 is 1.23 bits per heavy atom. The third-order valence-electron chi connectivity index (χ3n) is 2.56. The third kappa shape index (κ3) is 2.91. The fourth-order valence-corrected chi connectivity index (χ4v) is 2.89. The molecular weight excluding hydrogens is 195 g/mol. The van der Waals surface area contributed by atoms with Crippen LogP contribution in [0.4, 0.5) is 3.89 Å². The van der Waals surface area contributed by atoms with Crippen molar-refractivity contribution in [2.45, 2.75) is 43.5 Å². The van der Waals surface area contributed by atoms with Crippen LogP contribution in [0.2, 0.25) is 0 Å². The molecule has 3 nitrogen and oxygen atoms in total. The van der Waals surface area contributed by atoms with Gasteiger partial charge in [0.2, 0.25) is 0 Å². The maximum absolute atomic E-state index is 12.8. The molecule has 0 aromatic carbocycles. The van der Waals surface area contributed by atoms with E-state index in [4.69, 9.17) is 4.74 Å². The van der Waals surface area contributed by atoms with Crippen molar-refractivity contribution in [1.29, 1.82) is 0 Å². The van der Waals surface area contributed by atoms with Crippen molar-refractivity contribution in [2.75, 3.05) is 7.11 Å². The Hall–Kier alpha value is -0.160. The number of ether oxygens (including phenoxy) is 1. The summed E-state index contributed by atoms with van der Waals surface area (Å²) in [7, 11) is -3.00. The van der Waals surface area contributed by atoms with Gasteiger partial charge in [0.15, 0.2) is 0 Å². The van der Waals surface area contributed by atoms with Crippen molar-refractivity contribution in [3.8, 4) is 0 Å². The van der Waals surface area contributed by atoms with Crippen molar-refractivity contribution in [2.24, 2.45) is 0 Å². The van der Waals surface area contributed by atoms with Crippen LogP contribution in [0.25, 0.3) is 0 Å². The first kappa shape index (κ1) is 10.9. The van der Waals surface area contributed by atoms with Crippen molar-refractivity contribution in [1.82, 2.24) is 0 Å². The summed E-state index contributed by atoms with van der Waals surface area (Å²) in [5.74, 6) is 0. The van der Waals surface area contributed by atoms with Gasteiger partial charge in [-0.05, 0) is 12.8 Å². The molecule has 0 radical (unpaired) electrons. The van der Waals surface area contributed by atoms with Crippen LogP contribution in [0.15, 0.2) is 0 Å². The first-order chi connectivity index (χ1) is 6.05. The summed E-state index contributed by atoms with van der Waals surface area (Å²) in [5.41, 5.74) is 0. The lowest BCUT2D eigenvalue weighted by molar-refractivity contribution is 0.0913. The predicted octanol–water partition coefficient (Wildman–Crippen LogP) is 1.63. The van der Waals surface area contributed by atoms with E-state index in [1.807, 2.05) is 0 Å². The smallest absolute Gasteiger partial charge is 0.307 e. The summed E-state index contributed by atoms with van der Waals surface area (Å²) in [6.07, 6.45) is 3.23. The lowest BCUT2D eigenvalue weighted by Crippen LogP contribution is -2.32. The maximum Gasteiger partial charge on any atom is 0.307 e. The van der Waals surface area contributed by atoms with Crippen molar-refractivity contribution in [3.63, 3.8) is 0 Å². The van der Waals surface area contributed by atoms with Crippen molar-refractivity contribution >= 4 is 10.2 Å². The molecule has 5 heteroatoms. The highest BCUT2D eigenvalue weighted by Gasteiger charge is 2.34. The topological polar surface area (TPSA) is 43.4 Å². The average Bonchev–Trinajstić information content (AvgIpc) is 2.26. The molecule has 0 saturated heterocycles. The van der Waals surface area contributed by atoms with Crippen LogP contribution >= 0.6 is 0 Å². The molecule has 0 bridgehead atoms. The minimum absolute atomic E-state index is 0.386. The second kappa shape index (κ2) is 4.37. The highest BCUT2D eigenvalue weighted by Crippen LogP contribution is 2.26. The summed E-state index contributed by atoms with van der Waals surface area (Å²) in [4.78, 5) is 0. The highest BCUT2D eigenvalue weighted by molar-refractivity contribution is 7.87. The Morgan fingerprint density at radius 2 is 1.85 bits per heavy atom. The number of methoxy groups -OCH3 is 1. The maximum atomic E-state index is 12.8. The van der Waals surface area contributed by atoms with Gasteiger partial charge in [0.05, 0.1) is 6.10 Å². The van der Waals surface area contributed by atoms with E-state index in [1.54, 1.807) is 0 Å². The van der Waals surface area contributed by atoms with Gasteiger partial charge in [-0.1, -0.05) is 19.3 Å². The van der Waals surface area contributed by atoms with Gasteiger partial charge in [-0.25, -0.2) is 0 Å². The Morgan fingerprint density at radius 3 is 2.38 bits per heavy atom. The van der Waals surface area contributed by atoms with Gasteiger partial charge < -0.3 is 4.74 Å². The van der Waals surface area contributed by atoms with Crippen LogP contribution in [0.5, 0.6) is 0 Å². The number of hydrogen-bond acceptors (Lipinski definition) is 3. The standard InChI is InChI=1S/C8H15FO3S/c1-12-7-5-3-2-4-6-8(7)13(9,10)11/h7-8H,2-6H2,1H3/t7-,8+/m1/s1. The number of halogens is 1. The fourth-order valence-electron chi connectivity index (χ4n) is 1.83. The second-order valence-electron chi connectivity index (χ2n) is 3.43. The molecule has 0 N–H and O–H groups in total. The summed E-state index contributed by atoms with van der Waals surface area (Å²) in [6, 6.07) is 0. The van der Waals surface area contributed by atoms with Crippen molar-refractivity contribution < 1.29 is 17.0 Å². The van der Waals surface area contributed by atoms with E-state index in [2.05, 4.69) is 0 Å². The molecule has 0 amide bonds. The Bertz CT molecular complexity index is 250. The molecule has 0 heterocycles. The third-order valence-corrected chi connectivity index (χ3v) is 3.82. The van der Waals surface area contributed by atoms with Crippen LogP contribution in [-0.2, 0) is 15.0 Å². The zero-order valence-corrected chi connectivity index (χ0v) is 8.52. The van der Waals surface area contributed by atoms with E-state index in [-0.39, 0.29) is 0 Å². The van der Waals surface area contributed by atoms with Gasteiger partial charge in [0.1, 0.15) is 5.25 Å². The van der Waals surface area contributed by atoms with Gasteiger partial charge in [-0.2, -0.15) is 8.42 Å². The Kier molecular flexibility index (Phi) is 3.67. The van der Waals surface area contributed by atoms with Crippen LogP contribution in [-0.4, -0.2) is 26.9 Å². The average molecular weight is 210 g/mol. The Labute approximate surface area is 78.5 Å². The molecule has 0 unspecified atom stereocenters. The largest absolute Gasteiger partial charge is 0.380 e. The van der Waals surface area contributed by atoms with E-state index < -0.39 is 21.6 Å². The van der Waals surface area contributed by atoms with E-state index in [0.717, 1.165) is 19.3 Å². The lowest BCUT2D eigenvalue weighted by atomic mass is 10.1. The molecule has 1 rings (SSSR count). The summed E-state index contributed by atoms with van der Waals surface area (Å²) in [5, 5.41) is -0.944. The first-order valence-corrected chi connectivity index (χ1v) is 5.96. The minimum atomic E-state index is -4.44. The fraction of sp³-hybridized carbons (Fsp3) is 1.00. The monoisotopic (exact) mass is 210 g/mol. The normalized spacial score (nSPS) is 31.2. The minimum Gasteiger partial charge on any atom is -0.380 e. The molecule has 1 saturated carbocycles. The van der Waals surface area contributed by atoms with E-state index in [0.29, 0.717) is 12.8 Å². The molecule has 1 fully saturated rings. The molecule has 1 aliphatic carbocycles. The molecule has 78 valence electrons. The van der Waals surface area contributed by atoms with E-state index in [1.165, 1.54) is 7.11 Å². The molecule has 13 heavy (non-hydrogen) atoms. The van der Waals surface area contributed by atoms with Gasteiger partial charge in [-0.15, -0.1) is 3.89 Å². The van der Waals surface area contributed by atoms with Crippen LogP contribution in [0, 0.1) is 0 Å². The van der Waals surface area contributed by atoms with Gasteiger partial charge >= 0.3 is 10.2 Å². The predicted molar refractivity (Wildman–Crippen MR) is 47.7 cm³/mol. The molecule has 0 spiro atoms.